The highest BCUT2D eigenvalue weighted by Crippen LogP contribution is 2.30. The Bertz CT molecular complexity index is 364. The lowest BCUT2D eigenvalue weighted by Gasteiger charge is -2.27. The van der Waals surface area contributed by atoms with Gasteiger partial charge in [0.15, 0.2) is 0 Å². The van der Waals surface area contributed by atoms with Crippen LogP contribution in [0.3, 0.4) is 0 Å². The Hall–Kier alpha value is -1.02. The molecule has 0 bridgehead atoms. The smallest absolute Gasteiger partial charge is 0.119 e. The first kappa shape index (κ1) is 17.0. The van der Waals surface area contributed by atoms with Gasteiger partial charge in [0.1, 0.15) is 5.75 Å². The maximum Gasteiger partial charge on any atom is 0.119 e. The number of rotatable bonds is 8. The molecule has 0 saturated carbocycles. The fraction of sp³-hybridized carbons (Fsp3) is 0.667. The molecule has 0 aromatic heterocycles. The zero-order chi connectivity index (χ0) is 15.0. The summed E-state index contributed by atoms with van der Waals surface area (Å²) in [6.07, 6.45) is 3.35. The van der Waals surface area contributed by atoms with Crippen molar-refractivity contribution in [2.75, 3.05) is 13.2 Å². The van der Waals surface area contributed by atoms with E-state index in [2.05, 4.69) is 64.2 Å². The van der Waals surface area contributed by atoms with Crippen LogP contribution >= 0.6 is 0 Å². The number of hydrogen-bond donors (Lipinski definition) is 1. The maximum atomic E-state index is 5.65. The lowest BCUT2D eigenvalue weighted by Crippen LogP contribution is -2.26. The molecule has 0 radical (unpaired) electrons. The van der Waals surface area contributed by atoms with Crippen molar-refractivity contribution in [1.82, 2.24) is 5.32 Å². The maximum absolute atomic E-state index is 5.65. The summed E-state index contributed by atoms with van der Waals surface area (Å²) in [7, 11) is 0. The van der Waals surface area contributed by atoms with Gasteiger partial charge in [0.05, 0.1) is 6.61 Å². The minimum absolute atomic E-state index is 0.322. The van der Waals surface area contributed by atoms with Crippen molar-refractivity contribution in [1.29, 1.82) is 0 Å². The average Bonchev–Trinajstić information content (AvgIpc) is 2.40. The van der Waals surface area contributed by atoms with Crippen molar-refractivity contribution in [2.24, 2.45) is 5.41 Å². The van der Waals surface area contributed by atoms with Crippen molar-refractivity contribution in [3.63, 3.8) is 0 Å². The Kier molecular flexibility index (Phi) is 7.08. The zero-order valence-electron chi connectivity index (χ0n) is 13.8. The molecule has 114 valence electrons. The van der Waals surface area contributed by atoms with Crippen molar-refractivity contribution in [3.05, 3.63) is 29.8 Å². The van der Waals surface area contributed by atoms with Crippen LogP contribution in [-0.2, 0) is 0 Å². The summed E-state index contributed by atoms with van der Waals surface area (Å²) in [4.78, 5) is 0. The molecule has 2 heteroatoms. The third kappa shape index (κ3) is 6.42. The lowest BCUT2D eigenvalue weighted by molar-refractivity contribution is 0.309. The summed E-state index contributed by atoms with van der Waals surface area (Å²) in [6, 6.07) is 9.01. The van der Waals surface area contributed by atoms with E-state index < -0.39 is 0 Å². The van der Waals surface area contributed by atoms with E-state index >= 15 is 0 Å². The molecule has 0 aliphatic heterocycles. The Balaban J connectivity index is 2.73. The van der Waals surface area contributed by atoms with E-state index in [4.69, 9.17) is 4.74 Å². The van der Waals surface area contributed by atoms with E-state index in [1.165, 1.54) is 12.0 Å². The first-order valence-electron chi connectivity index (χ1n) is 7.92. The first-order chi connectivity index (χ1) is 9.46. The minimum Gasteiger partial charge on any atom is -0.494 e. The van der Waals surface area contributed by atoms with Crippen molar-refractivity contribution in [3.8, 4) is 5.75 Å². The molecular formula is C18H31NO. The highest BCUT2D eigenvalue weighted by atomic mass is 16.5. The fourth-order valence-electron chi connectivity index (χ4n) is 2.26. The minimum atomic E-state index is 0.322. The predicted molar refractivity (Wildman–Crippen MR) is 87.3 cm³/mol. The second kappa shape index (κ2) is 8.31. The van der Waals surface area contributed by atoms with E-state index in [-0.39, 0.29) is 0 Å². The highest BCUT2D eigenvalue weighted by molar-refractivity contribution is 5.29. The van der Waals surface area contributed by atoms with E-state index in [1.807, 2.05) is 0 Å². The van der Waals surface area contributed by atoms with Crippen molar-refractivity contribution in [2.45, 2.75) is 59.9 Å². The molecule has 1 atom stereocenters. The Morgan fingerprint density at radius 2 is 1.70 bits per heavy atom. The third-order valence-electron chi connectivity index (χ3n) is 3.21. The van der Waals surface area contributed by atoms with Gasteiger partial charge in [0.2, 0.25) is 0 Å². The van der Waals surface area contributed by atoms with Gasteiger partial charge in [-0.25, -0.2) is 0 Å². The van der Waals surface area contributed by atoms with Gasteiger partial charge in [-0.2, -0.15) is 0 Å². The monoisotopic (exact) mass is 277 g/mol. The van der Waals surface area contributed by atoms with Gasteiger partial charge in [0, 0.05) is 6.04 Å². The molecule has 1 N–H and O–H groups in total. The summed E-state index contributed by atoms with van der Waals surface area (Å²) >= 11 is 0. The first-order valence-corrected chi connectivity index (χ1v) is 7.92. The van der Waals surface area contributed by atoms with Gasteiger partial charge in [-0.3, -0.25) is 0 Å². The van der Waals surface area contributed by atoms with Gasteiger partial charge in [0.25, 0.3) is 0 Å². The van der Waals surface area contributed by atoms with E-state index in [9.17, 15) is 0 Å². The van der Waals surface area contributed by atoms with Crippen LogP contribution in [0.1, 0.15) is 65.5 Å². The van der Waals surface area contributed by atoms with Gasteiger partial charge < -0.3 is 10.1 Å². The SMILES string of the molecule is CCCNC(CC(C)(C)C)c1ccc(OCCC)cc1. The molecule has 0 saturated heterocycles. The second-order valence-corrected chi connectivity index (χ2v) is 6.69. The highest BCUT2D eigenvalue weighted by Gasteiger charge is 2.19. The van der Waals surface area contributed by atoms with Crippen molar-refractivity contribution >= 4 is 0 Å². The van der Waals surface area contributed by atoms with Crippen LogP contribution in [0.5, 0.6) is 5.75 Å². The van der Waals surface area contributed by atoms with Crippen LogP contribution in [0.15, 0.2) is 24.3 Å². The topological polar surface area (TPSA) is 21.3 Å². The summed E-state index contributed by atoms with van der Waals surface area (Å²) in [5, 5.41) is 3.66. The fourth-order valence-corrected chi connectivity index (χ4v) is 2.26. The van der Waals surface area contributed by atoms with Crippen LogP contribution in [0.2, 0.25) is 0 Å². The van der Waals surface area contributed by atoms with Crippen LogP contribution in [0, 0.1) is 5.41 Å². The molecule has 1 rings (SSSR count). The van der Waals surface area contributed by atoms with E-state index in [0.29, 0.717) is 11.5 Å². The van der Waals surface area contributed by atoms with Crippen molar-refractivity contribution < 1.29 is 4.74 Å². The van der Waals surface area contributed by atoms with Gasteiger partial charge in [-0.15, -0.1) is 0 Å². The average molecular weight is 277 g/mol. The molecular weight excluding hydrogens is 246 g/mol. The summed E-state index contributed by atoms with van der Waals surface area (Å²) in [5.41, 5.74) is 1.68. The Morgan fingerprint density at radius 3 is 2.20 bits per heavy atom. The number of ether oxygens (including phenoxy) is 1. The van der Waals surface area contributed by atoms with Crippen LogP contribution < -0.4 is 10.1 Å². The van der Waals surface area contributed by atoms with Crippen LogP contribution in [0.25, 0.3) is 0 Å². The lowest BCUT2D eigenvalue weighted by atomic mass is 9.85. The summed E-state index contributed by atoms with van der Waals surface area (Å²) in [5.74, 6) is 0.973. The van der Waals surface area contributed by atoms with E-state index in [1.54, 1.807) is 0 Å². The summed E-state index contributed by atoms with van der Waals surface area (Å²) in [6.45, 7) is 13.1. The Morgan fingerprint density at radius 1 is 1.05 bits per heavy atom. The molecule has 0 amide bonds. The van der Waals surface area contributed by atoms with Gasteiger partial charge in [-0.05, 0) is 48.9 Å². The Labute approximate surface area is 124 Å². The van der Waals surface area contributed by atoms with Crippen LogP contribution in [0.4, 0.5) is 0 Å². The molecule has 1 aromatic carbocycles. The third-order valence-corrected chi connectivity index (χ3v) is 3.21. The standard InChI is InChI=1S/C18H31NO/c1-6-12-19-17(14-18(3,4)5)15-8-10-16(11-9-15)20-13-7-2/h8-11,17,19H,6-7,12-14H2,1-5H3. The number of hydrogen-bond acceptors (Lipinski definition) is 2. The number of nitrogens with one attached hydrogen (secondary N) is 1. The molecule has 0 aliphatic rings. The molecule has 0 spiro atoms. The van der Waals surface area contributed by atoms with Gasteiger partial charge in [-0.1, -0.05) is 46.8 Å². The normalized spacial score (nSPS) is 13.2. The zero-order valence-corrected chi connectivity index (χ0v) is 13.8. The molecule has 1 unspecified atom stereocenters. The quantitative estimate of drug-likeness (QED) is 0.725. The molecule has 0 fully saturated rings. The second-order valence-electron chi connectivity index (χ2n) is 6.69. The van der Waals surface area contributed by atoms with Crippen LogP contribution in [-0.4, -0.2) is 13.2 Å². The molecule has 2 nitrogen and oxygen atoms in total. The molecule has 0 heterocycles. The molecule has 0 aliphatic carbocycles. The molecule has 20 heavy (non-hydrogen) atoms. The molecule has 1 aromatic rings. The van der Waals surface area contributed by atoms with E-state index in [0.717, 1.165) is 31.7 Å². The largest absolute Gasteiger partial charge is 0.494 e. The predicted octanol–water partition coefficient (Wildman–Crippen LogP) is 4.95. The van der Waals surface area contributed by atoms with Gasteiger partial charge >= 0.3 is 0 Å². The number of benzene rings is 1. The summed E-state index contributed by atoms with van der Waals surface area (Å²) < 4.78 is 5.65.